The molecule has 0 aliphatic heterocycles. The van der Waals surface area contributed by atoms with E-state index in [1.54, 1.807) is 30.3 Å². The molecule has 1 N–H and O–H groups in total. The molecule has 3 nitrogen and oxygen atoms in total. The monoisotopic (exact) mass is 205 g/mol. The van der Waals surface area contributed by atoms with E-state index in [1.165, 1.54) is 0 Å². The first-order valence-corrected chi connectivity index (χ1v) is 4.79. The van der Waals surface area contributed by atoms with Crippen LogP contribution in [0.15, 0.2) is 24.3 Å². The third-order valence-electron chi connectivity index (χ3n) is 1.74. The largest absolute Gasteiger partial charge is 0.488 e. The van der Waals surface area contributed by atoms with Crippen molar-refractivity contribution in [3.05, 3.63) is 29.8 Å². The molecule has 80 valence electrons. The fourth-order valence-electron chi connectivity index (χ4n) is 1.15. The van der Waals surface area contributed by atoms with Crippen LogP contribution in [0.2, 0.25) is 0 Å². The number of nitrogens with zero attached hydrogens (tertiary/aromatic N) is 1. The molecule has 0 aliphatic carbocycles. The lowest BCUT2D eigenvalue weighted by Crippen LogP contribution is -2.22. The van der Waals surface area contributed by atoms with E-state index in [0.29, 0.717) is 5.56 Å². The van der Waals surface area contributed by atoms with E-state index in [4.69, 9.17) is 10.00 Å². The molecule has 0 saturated heterocycles. The summed E-state index contributed by atoms with van der Waals surface area (Å²) in [6, 6.07) is 8.64. The average molecular weight is 205 g/mol. The second-order valence-electron chi connectivity index (χ2n) is 4.32. The Morgan fingerprint density at radius 2 is 1.80 bits per heavy atom. The number of ether oxygens (including phenoxy) is 1. The Morgan fingerprint density at radius 3 is 2.20 bits per heavy atom. The first-order valence-electron chi connectivity index (χ1n) is 4.79. The molecule has 1 aromatic rings. The summed E-state index contributed by atoms with van der Waals surface area (Å²) in [5.74, 6) is 0.733. The van der Waals surface area contributed by atoms with Crippen LogP contribution in [0.25, 0.3) is 0 Å². The summed E-state index contributed by atoms with van der Waals surface area (Å²) in [6.07, 6.45) is -1.06. The Kier molecular flexibility index (Phi) is 3.33. The molecule has 0 bridgehead atoms. The molecule has 1 atom stereocenters. The number of aliphatic hydroxyl groups is 1. The van der Waals surface area contributed by atoms with Crippen LogP contribution in [-0.4, -0.2) is 10.7 Å². The molecule has 1 unspecified atom stereocenters. The first kappa shape index (κ1) is 11.5. The first-order chi connectivity index (χ1) is 6.92. The van der Waals surface area contributed by atoms with Crippen LogP contribution in [0.3, 0.4) is 0 Å². The van der Waals surface area contributed by atoms with Crippen molar-refractivity contribution < 1.29 is 9.84 Å². The van der Waals surface area contributed by atoms with E-state index >= 15 is 0 Å². The number of benzene rings is 1. The van der Waals surface area contributed by atoms with Gasteiger partial charge in [0.1, 0.15) is 11.4 Å². The van der Waals surface area contributed by atoms with Gasteiger partial charge < -0.3 is 9.84 Å². The minimum atomic E-state index is -1.06. The topological polar surface area (TPSA) is 53.2 Å². The van der Waals surface area contributed by atoms with Gasteiger partial charge in [-0.05, 0) is 38.5 Å². The molecule has 0 aliphatic rings. The lowest BCUT2D eigenvalue weighted by atomic mass is 10.1. The van der Waals surface area contributed by atoms with Gasteiger partial charge in [0.25, 0.3) is 0 Å². The highest BCUT2D eigenvalue weighted by Crippen LogP contribution is 2.20. The quantitative estimate of drug-likeness (QED) is 0.754. The molecular formula is C12H15NO2. The molecule has 0 saturated carbocycles. The number of hydrogen-bond donors (Lipinski definition) is 1. The number of hydrogen-bond acceptors (Lipinski definition) is 3. The lowest BCUT2D eigenvalue weighted by molar-refractivity contribution is 0.131. The Morgan fingerprint density at radius 1 is 1.27 bits per heavy atom. The summed E-state index contributed by atoms with van der Waals surface area (Å²) >= 11 is 0. The van der Waals surface area contributed by atoms with E-state index < -0.39 is 6.10 Å². The predicted octanol–water partition coefficient (Wildman–Crippen LogP) is 2.42. The molecule has 1 rings (SSSR count). The van der Waals surface area contributed by atoms with Crippen LogP contribution in [-0.2, 0) is 0 Å². The Hall–Kier alpha value is -1.53. The Bertz CT molecular complexity index is 357. The third kappa shape index (κ3) is 3.61. The Labute approximate surface area is 89.9 Å². The van der Waals surface area contributed by atoms with Crippen molar-refractivity contribution in [2.24, 2.45) is 0 Å². The second kappa shape index (κ2) is 4.33. The smallest absolute Gasteiger partial charge is 0.165 e. The molecule has 0 spiro atoms. The third-order valence-corrected chi connectivity index (χ3v) is 1.74. The van der Waals surface area contributed by atoms with Gasteiger partial charge in [-0.2, -0.15) is 5.26 Å². The minimum Gasteiger partial charge on any atom is -0.488 e. The summed E-state index contributed by atoms with van der Waals surface area (Å²) in [5, 5.41) is 17.8. The van der Waals surface area contributed by atoms with Crippen LogP contribution in [0, 0.1) is 11.3 Å². The van der Waals surface area contributed by atoms with Crippen molar-refractivity contribution in [3.63, 3.8) is 0 Å². The molecule has 3 heteroatoms. The van der Waals surface area contributed by atoms with Crippen LogP contribution in [0.5, 0.6) is 5.75 Å². The maximum Gasteiger partial charge on any atom is 0.165 e. The zero-order valence-corrected chi connectivity index (χ0v) is 9.19. The molecule has 0 aromatic heterocycles. The molecule has 0 amide bonds. The molecule has 1 aromatic carbocycles. The SMILES string of the molecule is CC(C)(C)Oc1ccc(C(O)C#N)cc1. The highest BCUT2D eigenvalue weighted by molar-refractivity contribution is 5.30. The maximum atomic E-state index is 9.25. The predicted molar refractivity (Wildman–Crippen MR) is 57.4 cm³/mol. The van der Waals surface area contributed by atoms with Crippen LogP contribution >= 0.6 is 0 Å². The van der Waals surface area contributed by atoms with E-state index in [-0.39, 0.29) is 5.60 Å². The van der Waals surface area contributed by atoms with Crippen molar-refractivity contribution in [2.45, 2.75) is 32.5 Å². The minimum absolute atomic E-state index is 0.241. The summed E-state index contributed by atoms with van der Waals surface area (Å²) in [7, 11) is 0. The fraction of sp³-hybridized carbons (Fsp3) is 0.417. The lowest BCUT2D eigenvalue weighted by Gasteiger charge is -2.21. The highest BCUT2D eigenvalue weighted by Gasteiger charge is 2.12. The van der Waals surface area contributed by atoms with E-state index in [9.17, 15) is 5.11 Å². The van der Waals surface area contributed by atoms with Crippen molar-refractivity contribution in [1.82, 2.24) is 0 Å². The maximum absolute atomic E-state index is 9.25. The summed E-state index contributed by atoms with van der Waals surface area (Å²) in [6.45, 7) is 5.89. The zero-order valence-electron chi connectivity index (χ0n) is 9.19. The summed E-state index contributed by atoms with van der Waals surface area (Å²) in [4.78, 5) is 0. The van der Waals surface area contributed by atoms with Crippen LogP contribution in [0.1, 0.15) is 32.4 Å². The zero-order chi connectivity index (χ0) is 11.5. The number of rotatable bonds is 2. The molecular weight excluding hydrogens is 190 g/mol. The van der Waals surface area contributed by atoms with E-state index in [0.717, 1.165) is 5.75 Å². The van der Waals surface area contributed by atoms with Gasteiger partial charge in [0.05, 0.1) is 6.07 Å². The van der Waals surface area contributed by atoms with Crippen LogP contribution < -0.4 is 4.74 Å². The van der Waals surface area contributed by atoms with Crippen molar-refractivity contribution in [2.75, 3.05) is 0 Å². The number of aliphatic hydroxyl groups excluding tert-OH is 1. The van der Waals surface area contributed by atoms with Crippen molar-refractivity contribution in [1.29, 1.82) is 5.26 Å². The van der Waals surface area contributed by atoms with Gasteiger partial charge in [-0.3, -0.25) is 0 Å². The number of nitriles is 1. The van der Waals surface area contributed by atoms with Gasteiger partial charge in [-0.15, -0.1) is 0 Å². The summed E-state index contributed by atoms with van der Waals surface area (Å²) in [5.41, 5.74) is 0.341. The van der Waals surface area contributed by atoms with Crippen molar-refractivity contribution >= 4 is 0 Å². The van der Waals surface area contributed by atoms with Gasteiger partial charge in [-0.25, -0.2) is 0 Å². The molecule has 0 fully saturated rings. The molecule has 0 radical (unpaired) electrons. The average Bonchev–Trinajstić information content (AvgIpc) is 2.15. The highest BCUT2D eigenvalue weighted by atomic mass is 16.5. The van der Waals surface area contributed by atoms with Gasteiger partial charge >= 0.3 is 0 Å². The fourth-order valence-corrected chi connectivity index (χ4v) is 1.15. The van der Waals surface area contributed by atoms with E-state index in [2.05, 4.69) is 0 Å². The standard InChI is InChI=1S/C12H15NO2/c1-12(2,3)15-10-6-4-9(5-7-10)11(14)8-13/h4-7,11,14H,1-3H3. The Balaban J connectivity index is 2.78. The summed E-state index contributed by atoms with van der Waals surface area (Å²) < 4.78 is 5.61. The van der Waals surface area contributed by atoms with Crippen LogP contribution in [0.4, 0.5) is 0 Å². The van der Waals surface area contributed by atoms with Gasteiger partial charge in [0.15, 0.2) is 6.10 Å². The normalized spacial score (nSPS) is 13.0. The van der Waals surface area contributed by atoms with E-state index in [1.807, 2.05) is 20.8 Å². The molecule has 15 heavy (non-hydrogen) atoms. The van der Waals surface area contributed by atoms with Gasteiger partial charge in [0.2, 0.25) is 0 Å². The second-order valence-corrected chi connectivity index (χ2v) is 4.32. The molecule has 0 heterocycles. The van der Waals surface area contributed by atoms with Gasteiger partial charge in [-0.1, -0.05) is 12.1 Å². The van der Waals surface area contributed by atoms with Gasteiger partial charge in [0, 0.05) is 0 Å². The van der Waals surface area contributed by atoms with Crippen molar-refractivity contribution in [3.8, 4) is 11.8 Å².